The van der Waals surface area contributed by atoms with Crippen LogP contribution in [0.2, 0.25) is 0 Å². The fraction of sp³-hybridized carbons (Fsp3) is 0.167. The van der Waals surface area contributed by atoms with Crippen molar-refractivity contribution in [2.45, 2.75) is 6.42 Å². The Balaban J connectivity index is 2.18. The number of imidazole rings is 1. The second kappa shape index (κ2) is 4.79. The van der Waals surface area contributed by atoms with Crippen LogP contribution in [0.25, 0.3) is 0 Å². The quantitative estimate of drug-likeness (QED) is 0.817. The molecular weight excluding hydrogens is 287 g/mol. The van der Waals surface area contributed by atoms with Crippen molar-refractivity contribution in [1.82, 2.24) is 9.55 Å². The summed E-state index contributed by atoms with van der Waals surface area (Å²) < 4.78 is 15.2. The smallest absolute Gasteiger partial charge is 0.187 e. The number of hydrogen-bond acceptors (Lipinski definition) is 2. The van der Waals surface area contributed by atoms with Crippen LogP contribution >= 0.6 is 15.9 Å². The number of nitrogens with zero attached hydrogens (tertiary/aromatic N) is 2. The Kier molecular flexibility index (Phi) is 3.38. The molecule has 0 N–H and O–H groups in total. The summed E-state index contributed by atoms with van der Waals surface area (Å²) in [5.74, 6) is -0.413. The average Bonchev–Trinajstić information content (AvgIpc) is 2.69. The molecule has 1 aromatic heterocycles. The van der Waals surface area contributed by atoms with E-state index < -0.39 is 0 Å². The maximum absolute atomic E-state index is 12.9. The molecule has 0 saturated carbocycles. The fourth-order valence-corrected chi connectivity index (χ4v) is 1.98. The van der Waals surface area contributed by atoms with Gasteiger partial charge in [-0.25, -0.2) is 9.37 Å². The predicted octanol–water partition coefficient (Wildman–Crippen LogP) is 2.75. The van der Waals surface area contributed by atoms with Gasteiger partial charge in [0.2, 0.25) is 0 Å². The Hall–Kier alpha value is -1.49. The molecule has 0 bridgehead atoms. The molecule has 17 heavy (non-hydrogen) atoms. The molecule has 5 heteroatoms. The van der Waals surface area contributed by atoms with Crippen molar-refractivity contribution in [1.29, 1.82) is 0 Å². The number of Topliss-reactive ketones (excluding diaryl/α,β-unsaturated/α-hetero) is 1. The van der Waals surface area contributed by atoms with Crippen LogP contribution < -0.4 is 0 Å². The number of ketones is 1. The van der Waals surface area contributed by atoms with E-state index >= 15 is 0 Å². The molecule has 1 heterocycles. The lowest BCUT2D eigenvalue weighted by atomic mass is 10.1. The normalized spacial score (nSPS) is 10.5. The van der Waals surface area contributed by atoms with E-state index in [-0.39, 0.29) is 18.0 Å². The first-order valence-electron chi connectivity index (χ1n) is 5.01. The second-order valence-corrected chi connectivity index (χ2v) is 4.61. The van der Waals surface area contributed by atoms with E-state index in [9.17, 15) is 9.18 Å². The van der Waals surface area contributed by atoms with Crippen molar-refractivity contribution in [2.24, 2.45) is 7.05 Å². The summed E-state index contributed by atoms with van der Waals surface area (Å²) in [4.78, 5) is 15.9. The van der Waals surface area contributed by atoms with Gasteiger partial charge in [0, 0.05) is 24.1 Å². The Bertz CT molecular complexity index is 565. The topological polar surface area (TPSA) is 34.9 Å². The fourth-order valence-electron chi connectivity index (χ4n) is 1.49. The summed E-state index contributed by atoms with van der Waals surface area (Å²) in [6, 6.07) is 4.28. The molecule has 0 fully saturated rings. The molecule has 2 rings (SSSR count). The lowest BCUT2D eigenvalue weighted by Crippen LogP contribution is -2.04. The van der Waals surface area contributed by atoms with Crippen LogP contribution in [-0.4, -0.2) is 15.3 Å². The van der Waals surface area contributed by atoms with Gasteiger partial charge in [-0.2, -0.15) is 0 Å². The minimum atomic E-state index is -0.328. The molecule has 0 unspecified atom stereocenters. The molecular formula is C12H10BrFN2O. The molecule has 0 atom stereocenters. The van der Waals surface area contributed by atoms with E-state index in [1.54, 1.807) is 30.2 Å². The van der Waals surface area contributed by atoms with Crippen LogP contribution in [0, 0.1) is 5.82 Å². The Morgan fingerprint density at radius 2 is 2.29 bits per heavy atom. The van der Waals surface area contributed by atoms with Crippen molar-refractivity contribution in [3.05, 3.63) is 52.3 Å². The highest BCUT2D eigenvalue weighted by molar-refractivity contribution is 9.10. The molecule has 2 aromatic rings. The minimum Gasteiger partial charge on any atom is -0.340 e. The van der Waals surface area contributed by atoms with Crippen molar-refractivity contribution >= 4 is 21.7 Å². The molecule has 0 aliphatic rings. The van der Waals surface area contributed by atoms with E-state index in [2.05, 4.69) is 20.9 Å². The van der Waals surface area contributed by atoms with Gasteiger partial charge in [-0.05, 0) is 17.7 Å². The number of carbonyl (C=O) groups excluding carboxylic acids is 1. The summed E-state index contributed by atoms with van der Waals surface area (Å²) in [6.07, 6.45) is 3.45. The van der Waals surface area contributed by atoms with Crippen molar-refractivity contribution < 1.29 is 9.18 Å². The first-order chi connectivity index (χ1) is 8.06. The predicted molar refractivity (Wildman–Crippen MR) is 65.3 cm³/mol. The van der Waals surface area contributed by atoms with E-state index in [0.717, 1.165) is 5.56 Å². The lowest BCUT2D eigenvalue weighted by Gasteiger charge is -2.02. The highest BCUT2D eigenvalue weighted by Crippen LogP contribution is 2.19. The van der Waals surface area contributed by atoms with Crippen LogP contribution in [-0.2, 0) is 13.5 Å². The molecule has 1 aromatic carbocycles. The zero-order valence-corrected chi connectivity index (χ0v) is 10.7. The molecule has 88 valence electrons. The summed E-state index contributed by atoms with van der Waals surface area (Å²) in [5.41, 5.74) is 1.17. The standard InChI is InChI=1S/C12H10BrFN2O/c1-16-6-11(15-7-16)12(17)4-8-2-3-9(14)5-10(8)13/h2-3,5-7H,4H2,1H3. The number of hydrogen-bond donors (Lipinski definition) is 0. The third kappa shape index (κ3) is 2.79. The van der Waals surface area contributed by atoms with E-state index in [1.165, 1.54) is 12.1 Å². The van der Waals surface area contributed by atoms with Crippen molar-refractivity contribution in [3.63, 3.8) is 0 Å². The summed E-state index contributed by atoms with van der Waals surface area (Å²) in [5, 5.41) is 0. The molecule has 0 spiro atoms. The van der Waals surface area contributed by atoms with Crippen LogP contribution in [0.4, 0.5) is 4.39 Å². The number of halogens is 2. The van der Waals surface area contributed by atoms with E-state index in [0.29, 0.717) is 10.2 Å². The van der Waals surface area contributed by atoms with Crippen molar-refractivity contribution in [3.8, 4) is 0 Å². The maximum atomic E-state index is 12.9. The monoisotopic (exact) mass is 296 g/mol. The molecule has 0 amide bonds. The first kappa shape index (κ1) is 12.0. The van der Waals surface area contributed by atoms with E-state index in [1.807, 2.05) is 0 Å². The number of carbonyl (C=O) groups is 1. The Morgan fingerprint density at radius 3 is 2.88 bits per heavy atom. The number of benzene rings is 1. The maximum Gasteiger partial charge on any atom is 0.187 e. The van der Waals surface area contributed by atoms with Gasteiger partial charge in [0.25, 0.3) is 0 Å². The Morgan fingerprint density at radius 1 is 1.53 bits per heavy atom. The SMILES string of the molecule is Cn1cnc(C(=O)Cc2ccc(F)cc2Br)c1. The van der Waals surface area contributed by atoms with Crippen LogP contribution in [0.5, 0.6) is 0 Å². The molecule has 0 aliphatic carbocycles. The number of rotatable bonds is 3. The third-order valence-electron chi connectivity index (χ3n) is 2.36. The van der Waals surface area contributed by atoms with Crippen LogP contribution in [0.15, 0.2) is 35.2 Å². The van der Waals surface area contributed by atoms with E-state index in [4.69, 9.17) is 0 Å². The van der Waals surface area contributed by atoms with Gasteiger partial charge in [-0.3, -0.25) is 4.79 Å². The Labute approximate surface area is 106 Å². The van der Waals surface area contributed by atoms with Gasteiger partial charge >= 0.3 is 0 Å². The van der Waals surface area contributed by atoms with Crippen LogP contribution in [0.3, 0.4) is 0 Å². The summed E-state index contributed by atoms with van der Waals surface area (Å²) in [7, 11) is 1.80. The van der Waals surface area contributed by atoms with Gasteiger partial charge in [0.15, 0.2) is 5.78 Å². The minimum absolute atomic E-state index is 0.0853. The van der Waals surface area contributed by atoms with Gasteiger partial charge in [0.1, 0.15) is 11.5 Å². The van der Waals surface area contributed by atoms with Gasteiger partial charge in [-0.1, -0.05) is 22.0 Å². The third-order valence-corrected chi connectivity index (χ3v) is 3.09. The first-order valence-corrected chi connectivity index (χ1v) is 5.80. The second-order valence-electron chi connectivity index (χ2n) is 3.76. The zero-order valence-electron chi connectivity index (χ0n) is 9.15. The summed E-state index contributed by atoms with van der Waals surface area (Å²) in [6.45, 7) is 0. The molecule has 0 saturated heterocycles. The van der Waals surface area contributed by atoms with Gasteiger partial charge < -0.3 is 4.57 Å². The largest absolute Gasteiger partial charge is 0.340 e. The van der Waals surface area contributed by atoms with Crippen LogP contribution in [0.1, 0.15) is 16.1 Å². The molecule has 0 aliphatic heterocycles. The highest BCUT2D eigenvalue weighted by atomic mass is 79.9. The average molecular weight is 297 g/mol. The summed E-state index contributed by atoms with van der Waals surface area (Å²) >= 11 is 3.24. The van der Waals surface area contributed by atoms with Gasteiger partial charge in [0.05, 0.1) is 6.33 Å². The van der Waals surface area contributed by atoms with Gasteiger partial charge in [-0.15, -0.1) is 0 Å². The zero-order chi connectivity index (χ0) is 12.4. The lowest BCUT2D eigenvalue weighted by molar-refractivity contribution is 0.0988. The number of aryl methyl sites for hydroxylation is 1. The molecule has 3 nitrogen and oxygen atoms in total. The number of aromatic nitrogens is 2. The molecule has 0 radical (unpaired) electrons. The highest BCUT2D eigenvalue weighted by Gasteiger charge is 2.12. The van der Waals surface area contributed by atoms with Crippen molar-refractivity contribution in [2.75, 3.05) is 0 Å².